The van der Waals surface area contributed by atoms with Crippen molar-refractivity contribution < 1.29 is 13.0 Å². The molecule has 0 fully saturated rings. The number of aromatic nitrogens is 1. The number of thiophene rings is 1. The highest BCUT2D eigenvalue weighted by Crippen LogP contribution is 2.39. The zero-order valence-corrected chi connectivity index (χ0v) is 20.3. The fraction of sp³-hybridized carbons (Fsp3) is 0. The maximum Gasteiger partial charge on any atom is 0.294 e. The van der Waals surface area contributed by atoms with E-state index >= 15 is 0 Å². The van der Waals surface area contributed by atoms with E-state index in [-0.39, 0.29) is 4.90 Å². The number of benzene rings is 4. The minimum absolute atomic E-state index is 0.198. The lowest BCUT2D eigenvalue weighted by atomic mass is 10.1. The SMILES string of the molecule is Nc1ccc2cc(S(=O)(=O)O)ccc2c1N=Nc1ccc(-c2cccc3c2sc2ccccc23)nc1. The van der Waals surface area contributed by atoms with Crippen molar-refractivity contribution in [1.82, 2.24) is 4.98 Å². The van der Waals surface area contributed by atoms with Gasteiger partial charge in [0.25, 0.3) is 10.1 Å². The van der Waals surface area contributed by atoms with Gasteiger partial charge in [0, 0.05) is 31.1 Å². The van der Waals surface area contributed by atoms with Crippen molar-refractivity contribution in [2.45, 2.75) is 4.90 Å². The third-order valence-electron chi connectivity index (χ3n) is 5.99. The molecule has 0 radical (unpaired) electrons. The number of rotatable bonds is 4. The largest absolute Gasteiger partial charge is 0.397 e. The van der Waals surface area contributed by atoms with Gasteiger partial charge in [-0.2, -0.15) is 8.42 Å². The first kappa shape index (κ1) is 22.3. The second-order valence-electron chi connectivity index (χ2n) is 8.24. The van der Waals surface area contributed by atoms with Gasteiger partial charge in [-0.15, -0.1) is 21.6 Å². The molecule has 0 aliphatic rings. The Hall–Kier alpha value is -4.18. The molecule has 6 rings (SSSR count). The number of fused-ring (bicyclic) bond motifs is 4. The molecule has 36 heavy (non-hydrogen) atoms. The quantitative estimate of drug-likeness (QED) is 0.144. The molecule has 0 aliphatic heterocycles. The monoisotopic (exact) mass is 510 g/mol. The summed E-state index contributed by atoms with van der Waals surface area (Å²) in [5.74, 6) is 0. The number of anilines is 1. The van der Waals surface area contributed by atoms with Crippen LogP contribution in [0.15, 0.2) is 106 Å². The van der Waals surface area contributed by atoms with Crippen LogP contribution in [0.25, 0.3) is 42.2 Å². The van der Waals surface area contributed by atoms with Crippen molar-refractivity contribution in [1.29, 1.82) is 0 Å². The first-order chi connectivity index (χ1) is 17.4. The number of nitrogens with two attached hydrogens (primary N) is 1. The van der Waals surface area contributed by atoms with Crippen LogP contribution >= 0.6 is 11.3 Å². The predicted molar refractivity (Wildman–Crippen MR) is 145 cm³/mol. The van der Waals surface area contributed by atoms with E-state index in [2.05, 4.69) is 45.5 Å². The molecule has 0 atom stereocenters. The summed E-state index contributed by atoms with van der Waals surface area (Å²) in [6.07, 6.45) is 1.66. The van der Waals surface area contributed by atoms with Crippen LogP contribution in [0.2, 0.25) is 0 Å². The van der Waals surface area contributed by atoms with Gasteiger partial charge in [0.05, 0.1) is 22.5 Å². The second-order valence-corrected chi connectivity index (χ2v) is 10.7. The summed E-state index contributed by atoms with van der Waals surface area (Å²) in [6.45, 7) is 0. The van der Waals surface area contributed by atoms with Crippen LogP contribution in [-0.4, -0.2) is 18.0 Å². The first-order valence-electron chi connectivity index (χ1n) is 11.0. The van der Waals surface area contributed by atoms with Crippen molar-refractivity contribution in [3.63, 3.8) is 0 Å². The highest BCUT2D eigenvalue weighted by atomic mass is 32.2. The van der Waals surface area contributed by atoms with Crippen LogP contribution < -0.4 is 5.73 Å². The van der Waals surface area contributed by atoms with Crippen LogP contribution in [0, 0.1) is 0 Å². The van der Waals surface area contributed by atoms with E-state index in [4.69, 9.17) is 5.73 Å². The first-order valence-corrected chi connectivity index (χ1v) is 13.2. The third-order valence-corrected chi connectivity index (χ3v) is 8.05. The van der Waals surface area contributed by atoms with Crippen molar-refractivity contribution >= 4 is 69.5 Å². The zero-order valence-electron chi connectivity index (χ0n) is 18.7. The summed E-state index contributed by atoms with van der Waals surface area (Å²) in [5, 5.41) is 12.3. The second kappa shape index (κ2) is 8.49. The Balaban J connectivity index is 1.35. The normalized spacial score (nSPS) is 12.2. The van der Waals surface area contributed by atoms with E-state index in [0.29, 0.717) is 27.8 Å². The molecule has 0 bridgehead atoms. The minimum atomic E-state index is -4.31. The molecule has 0 saturated carbocycles. The van der Waals surface area contributed by atoms with Crippen LogP contribution in [-0.2, 0) is 10.1 Å². The smallest absolute Gasteiger partial charge is 0.294 e. The van der Waals surface area contributed by atoms with Gasteiger partial charge in [-0.05, 0) is 41.8 Å². The summed E-state index contributed by atoms with van der Waals surface area (Å²) in [4.78, 5) is 4.43. The van der Waals surface area contributed by atoms with E-state index in [0.717, 1.165) is 11.3 Å². The van der Waals surface area contributed by atoms with Crippen molar-refractivity contribution in [2.24, 2.45) is 10.2 Å². The molecule has 0 amide bonds. The summed E-state index contributed by atoms with van der Waals surface area (Å²) in [6, 6.07) is 25.9. The Labute approximate surface area is 210 Å². The van der Waals surface area contributed by atoms with Gasteiger partial charge < -0.3 is 5.73 Å². The van der Waals surface area contributed by atoms with Gasteiger partial charge in [-0.25, -0.2) is 0 Å². The molecule has 3 N–H and O–H groups in total. The van der Waals surface area contributed by atoms with Gasteiger partial charge in [-0.1, -0.05) is 48.5 Å². The van der Waals surface area contributed by atoms with Gasteiger partial charge in [0.15, 0.2) is 0 Å². The standard InChI is InChI=1S/C27H18N4O3S2/c28-23-12-8-16-14-18(36(32,33)34)10-11-19(16)26(23)31-30-17-9-13-24(29-15-17)22-6-3-5-21-20-4-1-2-7-25(20)35-27(21)22/h1-15H,28H2,(H,32,33,34). The molecule has 9 heteroatoms. The van der Waals surface area contributed by atoms with Crippen molar-refractivity contribution in [3.05, 3.63) is 91.1 Å². The van der Waals surface area contributed by atoms with Crippen molar-refractivity contribution in [2.75, 3.05) is 5.73 Å². The summed E-state index contributed by atoms with van der Waals surface area (Å²) < 4.78 is 34.7. The maximum absolute atomic E-state index is 11.5. The van der Waals surface area contributed by atoms with Crippen LogP contribution in [0.5, 0.6) is 0 Å². The van der Waals surface area contributed by atoms with Gasteiger partial charge in [0.1, 0.15) is 11.4 Å². The Morgan fingerprint density at radius 2 is 1.67 bits per heavy atom. The highest BCUT2D eigenvalue weighted by molar-refractivity contribution is 7.85. The molecular formula is C27H18N4O3S2. The predicted octanol–water partition coefficient (Wildman–Crippen LogP) is 7.51. The lowest BCUT2D eigenvalue weighted by Gasteiger charge is -2.06. The van der Waals surface area contributed by atoms with E-state index in [1.54, 1.807) is 35.7 Å². The fourth-order valence-corrected chi connectivity index (χ4v) is 5.98. The van der Waals surface area contributed by atoms with Crippen molar-refractivity contribution in [3.8, 4) is 11.3 Å². The molecule has 0 spiro atoms. The molecule has 0 aliphatic carbocycles. The minimum Gasteiger partial charge on any atom is -0.397 e. The fourth-order valence-electron chi connectivity index (χ4n) is 4.24. The molecule has 176 valence electrons. The Bertz CT molecular complexity index is 1930. The number of hydrogen-bond donors (Lipinski definition) is 2. The third kappa shape index (κ3) is 3.89. The van der Waals surface area contributed by atoms with Gasteiger partial charge in [0.2, 0.25) is 0 Å². The Morgan fingerprint density at radius 3 is 2.47 bits per heavy atom. The average molecular weight is 511 g/mol. The Morgan fingerprint density at radius 1 is 0.833 bits per heavy atom. The molecule has 0 saturated heterocycles. The average Bonchev–Trinajstić information content (AvgIpc) is 3.27. The number of pyridine rings is 1. The number of nitrogens with zero attached hydrogens (tertiary/aromatic N) is 3. The maximum atomic E-state index is 11.5. The van der Waals surface area contributed by atoms with Crippen LogP contribution in [0.3, 0.4) is 0 Å². The molecule has 6 aromatic rings. The lowest BCUT2D eigenvalue weighted by Crippen LogP contribution is -1.97. The summed E-state index contributed by atoms with van der Waals surface area (Å²) in [5.41, 5.74) is 9.38. The van der Waals surface area contributed by atoms with E-state index in [1.807, 2.05) is 24.3 Å². The Kier molecular flexibility index (Phi) is 5.26. The molecule has 2 aromatic heterocycles. The molecule has 4 aromatic carbocycles. The topological polar surface area (TPSA) is 118 Å². The molecule has 0 unspecified atom stereocenters. The van der Waals surface area contributed by atoms with Crippen LogP contribution in [0.1, 0.15) is 0 Å². The number of azo groups is 1. The van der Waals surface area contributed by atoms with Gasteiger partial charge >= 0.3 is 0 Å². The van der Waals surface area contributed by atoms with E-state index in [1.165, 1.54) is 32.3 Å². The zero-order chi connectivity index (χ0) is 24.9. The lowest BCUT2D eigenvalue weighted by molar-refractivity contribution is 0.483. The number of hydrogen-bond acceptors (Lipinski definition) is 7. The summed E-state index contributed by atoms with van der Waals surface area (Å²) >= 11 is 1.75. The van der Waals surface area contributed by atoms with Gasteiger partial charge in [-0.3, -0.25) is 9.54 Å². The van der Waals surface area contributed by atoms with Crippen LogP contribution in [0.4, 0.5) is 17.1 Å². The van der Waals surface area contributed by atoms with E-state index < -0.39 is 10.1 Å². The highest BCUT2D eigenvalue weighted by Gasteiger charge is 2.13. The number of nitrogen functional groups attached to an aromatic ring is 1. The molecule has 7 nitrogen and oxygen atoms in total. The molecule has 2 heterocycles. The summed E-state index contributed by atoms with van der Waals surface area (Å²) in [7, 11) is -4.31. The molecular weight excluding hydrogens is 492 g/mol. The van der Waals surface area contributed by atoms with E-state index in [9.17, 15) is 13.0 Å².